The summed E-state index contributed by atoms with van der Waals surface area (Å²) in [5.74, 6) is -2.02. The third-order valence-electron chi connectivity index (χ3n) is 3.59. The highest BCUT2D eigenvalue weighted by molar-refractivity contribution is 7.90. The van der Waals surface area contributed by atoms with E-state index in [-0.39, 0.29) is 16.4 Å². The second-order valence-corrected chi connectivity index (χ2v) is 7.79. The van der Waals surface area contributed by atoms with Crippen molar-refractivity contribution in [3.05, 3.63) is 59.0 Å². The molecule has 0 spiro atoms. The van der Waals surface area contributed by atoms with Gasteiger partial charge in [-0.2, -0.15) is 5.26 Å². The minimum atomic E-state index is -3.73. The Bertz CT molecular complexity index is 1170. The second kappa shape index (κ2) is 6.78. The van der Waals surface area contributed by atoms with E-state index in [2.05, 4.69) is 15.0 Å². The molecule has 1 aromatic carbocycles. The first-order valence-electron chi connectivity index (χ1n) is 7.33. The molecule has 0 saturated carbocycles. The van der Waals surface area contributed by atoms with Gasteiger partial charge in [-0.3, -0.25) is 9.78 Å². The summed E-state index contributed by atoms with van der Waals surface area (Å²) in [4.78, 5) is 24.5. The van der Waals surface area contributed by atoms with Crippen molar-refractivity contribution in [3.63, 3.8) is 0 Å². The lowest BCUT2D eigenvalue weighted by molar-refractivity contribution is 0.0972. The number of para-hydroxylation sites is 1. The first-order chi connectivity index (χ1) is 12.3. The van der Waals surface area contributed by atoms with Crippen molar-refractivity contribution in [2.24, 2.45) is 0 Å². The predicted octanol–water partition coefficient (Wildman–Crippen LogP) is 2.57. The molecule has 3 rings (SSSR count). The van der Waals surface area contributed by atoms with Crippen LogP contribution in [0.1, 0.15) is 22.1 Å². The van der Waals surface area contributed by atoms with Crippen molar-refractivity contribution in [2.45, 2.75) is 11.1 Å². The van der Waals surface area contributed by atoms with Crippen molar-refractivity contribution in [2.75, 3.05) is 6.26 Å². The lowest BCUT2D eigenvalue weighted by Gasteiger charge is -2.10. The summed E-state index contributed by atoms with van der Waals surface area (Å²) >= 11 is 5.95. The van der Waals surface area contributed by atoms with Crippen LogP contribution in [0.2, 0.25) is 5.02 Å². The fraction of sp³-hybridized carbons (Fsp3) is 0.118. The summed E-state index contributed by atoms with van der Waals surface area (Å²) in [6.07, 6.45) is 1.94. The van der Waals surface area contributed by atoms with Gasteiger partial charge in [0, 0.05) is 11.6 Å². The number of pyridine rings is 1. The minimum absolute atomic E-state index is 0.136. The topological polar surface area (TPSA) is 114 Å². The van der Waals surface area contributed by atoms with Gasteiger partial charge in [0.05, 0.1) is 28.5 Å². The molecule has 3 aromatic rings. The highest BCUT2D eigenvalue weighted by Crippen LogP contribution is 2.24. The minimum Gasteiger partial charge on any atom is -0.290 e. The molecule has 0 aliphatic carbocycles. The number of sulfone groups is 1. The van der Waals surface area contributed by atoms with E-state index in [1.165, 1.54) is 0 Å². The fourth-order valence-electron chi connectivity index (χ4n) is 2.34. The maximum Gasteiger partial charge on any atom is 0.247 e. The molecule has 0 fully saturated rings. The highest BCUT2D eigenvalue weighted by atomic mass is 35.5. The van der Waals surface area contributed by atoms with Crippen LogP contribution in [-0.2, 0) is 9.84 Å². The molecule has 0 saturated heterocycles. The number of nitrogens with zero attached hydrogens (tertiary/aromatic N) is 4. The zero-order valence-electron chi connectivity index (χ0n) is 13.4. The van der Waals surface area contributed by atoms with E-state index in [1.807, 2.05) is 18.2 Å². The fourth-order valence-corrected chi connectivity index (χ4v) is 3.03. The van der Waals surface area contributed by atoms with Gasteiger partial charge < -0.3 is 0 Å². The van der Waals surface area contributed by atoms with Crippen molar-refractivity contribution in [3.8, 4) is 6.07 Å². The Kier molecular flexibility index (Phi) is 4.68. The maximum atomic E-state index is 12.8. The molecule has 0 radical (unpaired) electrons. The van der Waals surface area contributed by atoms with Crippen LogP contribution in [0.5, 0.6) is 0 Å². The van der Waals surface area contributed by atoms with Crippen LogP contribution < -0.4 is 0 Å². The van der Waals surface area contributed by atoms with Gasteiger partial charge in [0.2, 0.25) is 20.8 Å². The predicted molar refractivity (Wildman–Crippen MR) is 94.6 cm³/mol. The molecular formula is C17H11ClN4O3S. The maximum absolute atomic E-state index is 12.8. The number of Topliss-reactive ketones (excluding diaryl/α,β-unsaturated/α-hetero) is 1. The summed E-state index contributed by atoms with van der Waals surface area (Å²) in [5, 5.41) is 9.68. The number of ketones is 1. The monoisotopic (exact) mass is 386 g/mol. The first kappa shape index (κ1) is 17.9. The molecule has 1 atom stereocenters. The molecule has 0 bridgehead atoms. The average Bonchev–Trinajstić information content (AvgIpc) is 2.61. The van der Waals surface area contributed by atoms with E-state index in [0.29, 0.717) is 5.52 Å². The van der Waals surface area contributed by atoms with E-state index >= 15 is 0 Å². The molecule has 0 unspecified atom stereocenters. The van der Waals surface area contributed by atoms with Crippen molar-refractivity contribution >= 4 is 38.1 Å². The van der Waals surface area contributed by atoms with Crippen LogP contribution in [-0.4, -0.2) is 35.4 Å². The van der Waals surface area contributed by atoms with Gasteiger partial charge in [-0.05, 0) is 12.1 Å². The molecule has 0 aliphatic heterocycles. The Morgan fingerprint density at radius 2 is 1.92 bits per heavy atom. The van der Waals surface area contributed by atoms with Gasteiger partial charge in [-0.25, -0.2) is 18.4 Å². The van der Waals surface area contributed by atoms with E-state index in [0.717, 1.165) is 17.8 Å². The van der Waals surface area contributed by atoms with Gasteiger partial charge in [-0.1, -0.05) is 35.9 Å². The van der Waals surface area contributed by atoms with E-state index in [1.54, 1.807) is 24.3 Å². The SMILES string of the molecule is CS(=O)(=O)c1ncc(Cl)c(C(=O)[C@@H](C#N)c2ccc3ccccc3n2)n1. The van der Waals surface area contributed by atoms with Crippen LogP contribution in [0.4, 0.5) is 0 Å². The standard InChI is InChI=1S/C17H11ClN4O3S/c1-26(24,25)17-20-9-12(18)15(22-17)16(23)11(8-19)14-7-6-10-4-2-3-5-13(10)21-14/h2-7,9,11H,1H3/t11-/m0/s1. The molecule has 26 heavy (non-hydrogen) atoms. The van der Waals surface area contributed by atoms with Crippen LogP contribution in [0, 0.1) is 11.3 Å². The van der Waals surface area contributed by atoms with Gasteiger partial charge in [0.25, 0.3) is 0 Å². The zero-order valence-corrected chi connectivity index (χ0v) is 15.0. The largest absolute Gasteiger partial charge is 0.290 e. The number of nitriles is 1. The molecule has 0 aliphatic rings. The number of fused-ring (bicyclic) bond motifs is 1. The normalized spacial score (nSPS) is 12.5. The number of halogens is 1. The second-order valence-electron chi connectivity index (χ2n) is 5.48. The van der Waals surface area contributed by atoms with Crippen LogP contribution in [0.25, 0.3) is 10.9 Å². The summed E-state index contributed by atoms with van der Waals surface area (Å²) < 4.78 is 23.2. The molecule has 9 heteroatoms. The van der Waals surface area contributed by atoms with Gasteiger partial charge >= 0.3 is 0 Å². The van der Waals surface area contributed by atoms with Crippen molar-refractivity contribution in [1.82, 2.24) is 15.0 Å². The third kappa shape index (κ3) is 3.40. The van der Waals surface area contributed by atoms with Crippen LogP contribution in [0.3, 0.4) is 0 Å². The lowest BCUT2D eigenvalue weighted by atomic mass is 9.98. The summed E-state index contributed by atoms with van der Waals surface area (Å²) in [6, 6.07) is 12.5. The molecule has 2 heterocycles. The first-order valence-corrected chi connectivity index (χ1v) is 9.60. The zero-order chi connectivity index (χ0) is 18.9. The van der Waals surface area contributed by atoms with Gasteiger partial charge in [-0.15, -0.1) is 0 Å². The Hall–Kier alpha value is -2.89. The van der Waals surface area contributed by atoms with Crippen LogP contribution >= 0.6 is 11.6 Å². The Morgan fingerprint density at radius 1 is 1.19 bits per heavy atom. The Labute approximate surface area is 154 Å². The van der Waals surface area contributed by atoms with Crippen molar-refractivity contribution in [1.29, 1.82) is 5.26 Å². The number of hydrogen-bond acceptors (Lipinski definition) is 7. The molecule has 0 N–H and O–H groups in total. The quantitative estimate of drug-likeness (QED) is 0.500. The summed E-state index contributed by atoms with van der Waals surface area (Å²) in [6.45, 7) is 0. The summed E-state index contributed by atoms with van der Waals surface area (Å²) in [7, 11) is -3.73. The smallest absolute Gasteiger partial charge is 0.247 e. The number of rotatable bonds is 4. The number of carbonyl (C=O) groups is 1. The molecular weight excluding hydrogens is 376 g/mol. The van der Waals surface area contributed by atoms with Crippen LogP contribution in [0.15, 0.2) is 47.8 Å². The molecule has 7 nitrogen and oxygen atoms in total. The molecule has 2 aromatic heterocycles. The van der Waals surface area contributed by atoms with Gasteiger partial charge in [0.1, 0.15) is 5.69 Å². The average molecular weight is 387 g/mol. The van der Waals surface area contributed by atoms with E-state index in [9.17, 15) is 18.5 Å². The van der Waals surface area contributed by atoms with Gasteiger partial charge in [0.15, 0.2) is 5.92 Å². The number of benzene rings is 1. The Balaban J connectivity index is 2.08. The Morgan fingerprint density at radius 3 is 2.62 bits per heavy atom. The molecule has 0 amide bonds. The number of hydrogen-bond donors (Lipinski definition) is 0. The van der Waals surface area contributed by atoms with Crippen molar-refractivity contribution < 1.29 is 13.2 Å². The number of aromatic nitrogens is 3. The highest BCUT2D eigenvalue weighted by Gasteiger charge is 2.28. The van der Waals surface area contributed by atoms with E-state index in [4.69, 9.17) is 11.6 Å². The van der Waals surface area contributed by atoms with E-state index < -0.39 is 26.7 Å². The molecule has 130 valence electrons. The number of carbonyl (C=O) groups excluding carboxylic acids is 1. The third-order valence-corrected chi connectivity index (χ3v) is 4.73. The lowest BCUT2D eigenvalue weighted by Crippen LogP contribution is -2.17. The summed E-state index contributed by atoms with van der Waals surface area (Å²) in [5.41, 5.74) is 0.527.